The van der Waals surface area contributed by atoms with Crippen LogP contribution in [0.4, 0.5) is 4.39 Å². The molecule has 0 radical (unpaired) electrons. The van der Waals surface area contributed by atoms with Crippen LogP contribution in [0.5, 0.6) is 0 Å². The van der Waals surface area contributed by atoms with Gasteiger partial charge in [-0.3, -0.25) is 0 Å². The van der Waals surface area contributed by atoms with Crippen molar-refractivity contribution in [3.8, 4) is 0 Å². The van der Waals surface area contributed by atoms with E-state index in [4.69, 9.17) is 0 Å². The molecule has 1 aliphatic rings. The topological polar surface area (TPSA) is 0 Å². The van der Waals surface area contributed by atoms with Gasteiger partial charge < -0.3 is 0 Å². The van der Waals surface area contributed by atoms with Crippen LogP contribution in [-0.4, -0.2) is 6.17 Å². The lowest BCUT2D eigenvalue weighted by atomic mass is 9.85. The Hall–Kier alpha value is -0.330. The third kappa shape index (κ3) is 1.59. The van der Waals surface area contributed by atoms with Gasteiger partial charge in [0.25, 0.3) is 0 Å². The van der Waals surface area contributed by atoms with Gasteiger partial charge in [-0.15, -0.1) is 0 Å². The minimum Gasteiger partial charge on any atom is -0.243 e. The SMILES string of the molecule is CCC1C=CC(F)C(C)C1. The number of hydrogen-bond donors (Lipinski definition) is 0. The molecule has 1 heteroatoms. The molecule has 0 bridgehead atoms. The quantitative estimate of drug-likeness (QED) is 0.494. The summed E-state index contributed by atoms with van der Waals surface area (Å²) in [7, 11) is 0. The van der Waals surface area contributed by atoms with E-state index in [1.54, 1.807) is 6.08 Å². The summed E-state index contributed by atoms with van der Waals surface area (Å²) in [5, 5.41) is 0. The second-order valence-corrected chi connectivity index (χ2v) is 3.21. The zero-order chi connectivity index (χ0) is 7.56. The zero-order valence-electron chi connectivity index (χ0n) is 6.68. The summed E-state index contributed by atoms with van der Waals surface area (Å²) in [5.74, 6) is 0.858. The number of allylic oxidation sites excluding steroid dienone is 2. The van der Waals surface area contributed by atoms with E-state index in [-0.39, 0.29) is 5.92 Å². The van der Waals surface area contributed by atoms with Gasteiger partial charge in [-0.2, -0.15) is 0 Å². The molecule has 0 nitrogen and oxygen atoms in total. The van der Waals surface area contributed by atoms with E-state index >= 15 is 0 Å². The van der Waals surface area contributed by atoms with E-state index < -0.39 is 6.17 Å². The summed E-state index contributed by atoms with van der Waals surface area (Å²) in [5.41, 5.74) is 0. The van der Waals surface area contributed by atoms with Crippen LogP contribution in [0.15, 0.2) is 12.2 Å². The molecule has 0 N–H and O–H groups in total. The molecule has 1 rings (SSSR count). The van der Waals surface area contributed by atoms with Crippen LogP contribution < -0.4 is 0 Å². The Morgan fingerprint density at radius 3 is 2.70 bits per heavy atom. The van der Waals surface area contributed by atoms with Gasteiger partial charge in [0.15, 0.2) is 0 Å². The van der Waals surface area contributed by atoms with Crippen molar-refractivity contribution in [1.82, 2.24) is 0 Å². The van der Waals surface area contributed by atoms with Gasteiger partial charge in [-0.1, -0.05) is 26.0 Å². The summed E-state index contributed by atoms with van der Waals surface area (Å²) >= 11 is 0. The van der Waals surface area contributed by atoms with Crippen molar-refractivity contribution >= 4 is 0 Å². The predicted octanol–water partition coefficient (Wildman–Crippen LogP) is 2.95. The van der Waals surface area contributed by atoms with Crippen LogP contribution in [0.1, 0.15) is 26.7 Å². The van der Waals surface area contributed by atoms with Gasteiger partial charge in [0, 0.05) is 0 Å². The van der Waals surface area contributed by atoms with Crippen molar-refractivity contribution in [2.24, 2.45) is 11.8 Å². The molecule has 0 aromatic heterocycles. The fraction of sp³-hybridized carbons (Fsp3) is 0.778. The molecule has 0 saturated heterocycles. The van der Waals surface area contributed by atoms with Crippen molar-refractivity contribution in [1.29, 1.82) is 0 Å². The Kier molecular flexibility index (Phi) is 2.47. The van der Waals surface area contributed by atoms with Gasteiger partial charge in [0.1, 0.15) is 6.17 Å². The lowest BCUT2D eigenvalue weighted by Crippen LogP contribution is -2.18. The maximum absolute atomic E-state index is 12.8. The predicted molar refractivity (Wildman–Crippen MR) is 41.6 cm³/mol. The Morgan fingerprint density at radius 2 is 2.20 bits per heavy atom. The number of halogens is 1. The lowest BCUT2D eigenvalue weighted by molar-refractivity contribution is 0.247. The minimum atomic E-state index is -0.692. The summed E-state index contributed by atoms with van der Waals surface area (Å²) < 4.78 is 12.8. The van der Waals surface area contributed by atoms with Crippen LogP contribution >= 0.6 is 0 Å². The fourth-order valence-corrected chi connectivity index (χ4v) is 1.44. The molecular formula is C9H15F. The van der Waals surface area contributed by atoms with Gasteiger partial charge in [0.05, 0.1) is 0 Å². The minimum absolute atomic E-state index is 0.231. The first-order chi connectivity index (χ1) is 4.74. The first-order valence-electron chi connectivity index (χ1n) is 4.06. The third-order valence-corrected chi connectivity index (χ3v) is 2.31. The van der Waals surface area contributed by atoms with Crippen molar-refractivity contribution in [3.05, 3.63) is 12.2 Å². The van der Waals surface area contributed by atoms with Crippen LogP contribution in [0.25, 0.3) is 0 Å². The molecule has 0 aromatic carbocycles. The van der Waals surface area contributed by atoms with Crippen molar-refractivity contribution in [2.75, 3.05) is 0 Å². The van der Waals surface area contributed by atoms with Gasteiger partial charge in [0.2, 0.25) is 0 Å². The molecule has 0 fully saturated rings. The average Bonchev–Trinajstić information content (AvgIpc) is 1.95. The zero-order valence-corrected chi connectivity index (χ0v) is 6.68. The summed E-state index contributed by atoms with van der Waals surface area (Å²) in [6, 6.07) is 0. The molecule has 0 amide bonds. The summed E-state index contributed by atoms with van der Waals surface area (Å²) in [6.07, 6.45) is 5.21. The molecule has 58 valence electrons. The lowest BCUT2D eigenvalue weighted by Gasteiger charge is -2.23. The smallest absolute Gasteiger partial charge is 0.121 e. The highest BCUT2D eigenvalue weighted by Gasteiger charge is 2.20. The normalized spacial score (nSPS) is 40.1. The highest BCUT2D eigenvalue weighted by Crippen LogP contribution is 2.26. The second-order valence-electron chi connectivity index (χ2n) is 3.21. The van der Waals surface area contributed by atoms with Gasteiger partial charge in [-0.25, -0.2) is 4.39 Å². The molecule has 0 aromatic rings. The fourth-order valence-electron chi connectivity index (χ4n) is 1.44. The third-order valence-electron chi connectivity index (χ3n) is 2.31. The largest absolute Gasteiger partial charge is 0.243 e. The monoisotopic (exact) mass is 142 g/mol. The van der Waals surface area contributed by atoms with Crippen LogP contribution in [0.2, 0.25) is 0 Å². The Labute approximate surface area is 62.1 Å². The molecule has 3 atom stereocenters. The number of alkyl halides is 1. The summed E-state index contributed by atoms with van der Waals surface area (Å²) in [6.45, 7) is 4.14. The second kappa shape index (κ2) is 3.18. The molecule has 0 aliphatic heterocycles. The van der Waals surface area contributed by atoms with Crippen LogP contribution in [0.3, 0.4) is 0 Å². The molecule has 3 unspecified atom stereocenters. The molecule has 0 spiro atoms. The number of hydrogen-bond acceptors (Lipinski definition) is 0. The molecule has 10 heavy (non-hydrogen) atoms. The maximum Gasteiger partial charge on any atom is 0.121 e. The van der Waals surface area contributed by atoms with E-state index in [9.17, 15) is 4.39 Å². The highest BCUT2D eigenvalue weighted by atomic mass is 19.1. The Balaban J connectivity index is 2.51. The van der Waals surface area contributed by atoms with Gasteiger partial charge in [-0.05, 0) is 24.7 Å². The van der Waals surface area contributed by atoms with Crippen molar-refractivity contribution < 1.29 is 4.39 Å². The first-order valence-corrected chi connectivity index (χ1v) is 4.06. The Bertz CT molecular complexity index is 129. The van der Waals surface area contributed by atoms with E-state index in [1.165, 1.54) is 0 Å². The van der Waals surface area contributed by atoms with E-state index in [0.29, 0.717) is 5.92 Å². The van der Waals surface area contributed by atoms with Crippen LogP contribution in [0, 0.1) is 11.8 Å². The first kappa shape index (κ1) is 7.77. The Morgan fingerprint density at radius 1 is 1.50 bits per heavy atom. The van der Waals surface area contributed by atoms with E-state index in [2.05, 4.69) is 6.92 Å². The molecule has 1 aliphatic carbocycles. The number of rotatable bonds is 1. The highest BCUT2D eigenvalue weighted by molar-refractivity contribution is 5.00. The maximum atomic E-state index is 12.8. The van der Waals surface area contributed by atoms with Gasteiger partial charge >= 0.3 is 0 Å². The van der Waals surface area contributed by atoms with Crippen LogP contribution in [-0.2, 0) is 0 Å². The van der Waals surface area contributed by atoms with E-state index in [0.717, 1.165) is 12.8 Å². The summed E-state index contributed by atoms with van der Waals surface area (Å²) in [4.78, 5) is 0. The molecule has 0 heterocycles. The van der Waals surface area contributed by atoms with E-state index in [1.807, 2.05) is 13.0 Å². The van der Waals surface area contributed by atoms with Crippen molar-refractivity contribution in [2.45, 2.75) is 32.9 Å². The molecular weight excluding hydrogens is 127 g/mol. The van der Waals surface area contributed by atoms with Crippen molar-refractivity contribution in [3.63, 3.8) is 0 Å². The molecule has 0 saturated carbocycles. The average molecular weight is 142 g/mol. The standard InChI is InChI=1S/C9H15F/c1-3-8-4-5-9(10)7(2)6-8/h4-5,7-9H,3,6H2,1-2H3.